The number of hydrogen-bond donors (Lipinski definition) is 1. The van der Waals surface area contributed by atoms with E-state index in [0.717, 1.165) is 12.0 Å². The zero-order chi connectivity index (χ0) is 26.2. The van der Waals surface area contributed by atoms with Crippen LogP contribution in [0.2, 0.25) is 0 Å². The zero-order valence-electron chi connectivity index (χ0n) is 20.4. The van der Waals surface area contributed by atoms with Gasteiger partial charge in [0.05, 0.1) is 25.0 Å². The quantitative estimate of drug-likeness (QED) is 0.541. The summed E-state index contributed by atoms with van der Waals surface area (Å²) in [6.07, 6.45) is -2.91. The topological polar surface area (TPSA) is 76.6 Å². The highest BCUT2D eigenvalue weighted by Crippen LogP contribution is 2.35. The van der Waals surface area contributed by atoms with Crippen LogP contribution >= 0.6 is 0 Å². The van der Waals surface area contributed by atoms with E-state index in [1.807, 2.05) is 30.3 Å². The van der Waals surface area contributed by atoms with Gasteiger partial charge in [0.1, 0.15) is 18.0 Å². The fourth-order valence-electron chi connectivity index (χ4n) is 4.81. The van der Waals surface area contributed by atoms with Crippen molar-refractivity contribution in [3.8, 4) is 0 Å². The molecule has 3 heterocycles. The Morgan fingerprint density at radius 3 is 2.43 bits per heavy atom. The molecule has 37 heavy (non-hydrogen) atoms. The molecular formula is C27H27F3N4O3. The molecular weight excluding hydrogens is 485 g/mol. The molecule has 2 saturated heterocycles. The molecule has 1 amide bonds. The van der Waals surface area contributed by atoms with Crippen LogP contribution in [-0.4, -0.2) is 57.9 Å². The molecule has 2 aliphatic rings. The van der Waals surface area contributed by atoms with Gasteiger partial charge in [0.15, 0.2) is 11.5 Å². The molecule has 0 saturated carbocycles. The molecule has 5 rings (SSSR count). The van der Waals surface area contributed by atoms with Crippen molar-refractivity contribution in [1.29, 1.82) is 0 Å². The van der Waals surface area contributed by atoms with Crippen LogP contribution in [0.3, 0.4) is 0 Å². The van der Waals surface area contributed by atoms with Crippen molar-refractivity contribution in [2.75, 3.05) is 18.4 Å². The standard InChI is InChI=1S/C27H27F3N4O3/c1-26(2)36-21-16-34(25(35)19-10-8-18(9-11-19)12-17-6-4-3-5-7-17)15-20(24(21)37-26)32-23-14-31-13-22(33-23)27(28,29)30/h3-11,13-14,20-21,24H,12,15-16H2,1-2H3,(H,32,33)/t20-,21-,24+/m0/s1. The molecule has 7 nitrogen and oxygen atoms in total. The molecule has 0 spiro atoms. The number of anilines is 1. The minimum atomic E-state index is -4.62. The van der Waals surface area contributed by atoms with Crippen molar-refractivity contribution in [1.82, 2.24) is 14.9 Å². The summed E-state index contributed by atoms with van der Waals surface area (Å²) in [6, 6.07) is 16.9. The predicted molar refractivity (Wildman–Crippen MR) is 130 cm³/mol. The van der Waals surface area contributed by atoms with E-state index >= 15 is 0 Å². The molecule has 3 aromatic rings. The van der Waals surface area contributed by atoms with Gasteiger partial charge in [0, 0.05) is 12.1 Å². The minimum absolute atomic E-state index is 0.0496. The molecule has 2 aliphatic heterocycles. The second-order valence-electron chi connectivity index (χ2n) is 9.75. The number of rotatable bonds is 5. The van der Waals surface area contributed by atoms with Crippen molar-refractivity contribution < 1.29 is 27.4 Å². The van der Waals surface area contributed by atoms with Crippen LogP contribution in [0, 0.1) is 0 Å². The number of aromatic nitrogens is 2. The van der Waals surface area contributed by atoms with Crippen molar-refractivity contribution in [3.05, 3.63) is 89.4 Å². The van der Waals surface area contributed by atoms with Crippen LogP contribution in [0.5, 0.6) is 0 Å². The van der Waals surface area contributed by atoms with Gasteiger partial charge in [-0.05, 0) is 43.5 Å². The van der Waals surface area contributed by atoms with Crippen molar-refractivity contribution in [2.24, 2.45) is 0 Å². The average Bonchev–Trinajstić information content (AvgIpc) is 3.18. The first-order valence-corrected chi connectivity index (χ1v) is 12.0. The Hall–Kier alpha value is -3.50. The number of piperidine rings is 1. The second kappa shape index (κ2) is 9.75. The minimum Gasteiger partial charge on any atom is -0.362 e. The first kappa shape index (κ1) is 25.2. The summed E-state index contributed by atoms with van der Waals surface area (Å²) in [5.74, 6) is -1.14. The highest BCUT2D eigenvalue weighted by Gasteiger charge is 2.50. The number of alkyl halides is 3. The first-order chi connectivity index (χ1) is 17.6. The summed E-state index contributed by atoms with van der Waals surface area (Å²) < 4.78 is 51.5. The fourth-order valence-corrected chi connectivity index (χ4v) is 4.81. The van der Waals surface area contributed by atoms with Gasteiger partial charge in [-0.25, -0.2) is 4.98 Å². The normalized spacial score (nSPS) is 22.9. The Balaban J connectivity index is 1.34. The van der Waals surface area contributed by atoms with E-state index < -0.39 is 35.9 Å². The average molecular weight is 513 g/mol. The Morgan fingerprint density at radius 1 is 1.03 bits per heavy atom. The summed E-state index contributed by atoms with van der Waals surface area (Å²) in [4.78, 5) is 22.4. The van der Waals surface area contributed by atoms with Gasteiger partial charge >= 0.3 is 6.18 Å². The summed E-state index contributed by atoms with van der Waals surface area (Å²) >= 11 is 0. The molecule has 0 unspecified atom stereocenters. The lowest BCUT2D eigenvalue weighted by Crippen LogP contribution is -2.58. The fraction of sp³-hybridized carbons (Fsp3) is 0.370. The highest BCUT2D eigenvalue weighted by molar-refractivity contribution is 5.94. The summed E-state index contributed by atoms with van der Waals surface area (Å²) in [6.45, 7) is 4.03. The third-order valence-corrected chi connectivity index (χ3v) is 6.43. The lowest BCUT2D eigenvalue weighted by molar-refractivity contribution is -0.145. The number of nitrogens with zero attached hydrogens (tertiary/aromatic N) is 3. The molecule has 0 aliphatic carbocycles. The maximum atomic E-state index is 13.4. The van der Waals surface area contributed by atoms with Crippen LogP contribution in [-0.2, 0) is 22.1 Å². The molecule has 0 radical (unpaired) electrons. The van der Waals surface area contributed by atoms with Gasteiger partial charge in [0.25, 0.3) is 5.91 Å². The number of hydrogen-bond acceptors (Lipinski definition) is 6. The van der Waals surface area contributed by atoms with Gasteiger partial charge in [-0.2, -0.15) is 13.2 Å². The Kier molecular flexibility index (Phi) is 6.63. The second-order valence-corrected chi connectivity index (χ2v) is 9.75. The van der Waals surface area contributed by atoms with Crippen LogP contribution in [0.4, 0.5) is 19.0 Å². The number of ether oxygens (including phenoxy) is 2. The van der Waals surface area contributed by atoms with Gasteiger partial charge in [0.2, 0.25) is 0 Å². The van der Waals surface area contributed by atoms with E-state index in [1.54, 1.807) is 30.9 Å². The van der Waals surface area contributed by atoms with Gasteiger partial charge in [-0.15, -0.1) is 0 Å². The van der Waals surface area contributed by atoms with Crippen LogP contribution in [0.1, 0.15) is 41.0 Å². The van der Waals surface area contributed by atoms with Crippen LogP contribution in [0.15, 0.2) is 67.0 Å². The molecule has 0 bridgehead atoms. The van der Waals surface area contributed by atoms with E-state index in [2.05, 4.69) is 27.4 Å². The SMILES string of the molecule is CC1(C)O[C@@H]2[C@@H](Nc3cncc(C(F)(F)F)n3)CN(C(=O)c3ccc(Cc4ccccc4)cc3)C[C@@H]2O1. The molecule has 2 fully saturated rings. The number of benzene rings is 2. The van der Waals surface area contributed by atoms with Crippen molar-refractivity contribution in [3.63, 3.8) is 0 Å². The molecule has 194 valence electrons. The maximum absolute atomic E-state index is 13.4. The molecule has 2 aromatic carbocycles. The lowest BCUT2D eigenvalue weighted by Gasteiger charge is -2.39. The van der Waals surface area contributed by atoms with E-state index in [4.69, 9.17) is 9.47 Å². The molecule has 10 heteroatoms. The lowest BCUT2D eigenvalue weighted by atomic mass is 9.98. The number of carbonyl (C=O) groups is 1. The van der Waals surface area contributed by atoms with E-state index in [9.17, 15) is 18.0 Å². The van der Waals surface area contributed by atoms with Crippen molar-refractivity contribution >= 4 is 11.7 Å². The highest BCUT2D eigenvalue weighted by atomic mass is 19.4. The smallest absolute Gasteiger partial charge is 0.362 e. The Labute approximate surface area is 212 Å². The number of likely N-dealkylation sites (tertiary alicyclic amines) is 1. The summed E-state index contributed by atoms with van der Waals surface area (Å²) in [5, 5.41) is 3.00. The summed E-state index contributed by atoms with van der Waals surface area (Å²) in [5.41, 5.74) is 1.68. The third-order valence-electron chi connectivity index (χ3n) is 6.43. The maximum Gasteiger partial charge on any atom is 0.434 e. The number of carbonyl (C=O) groups excluding carboxylic acids is 1. The molecule has 1 N–H and O–H groups in total. The van der Waals surface area contributed by atoms with E-state index in [-0.39, 0.29) is 18.3 Å². The van der Waals surface area contributed by atoms with E-state index in [0.29, 0.717) is 18.3 Å². The largest absolute Gasteiger partial charge is 0.434 e. The zero-order valence-corrected chi connectivity index (χ0v) is 20.4. The number of amides is 1. The summed E-state index contributed by atoms with van der Waals surface area (Å²) in [7, 11) is 0. The van der Waals surface area contributed by atoms with E-state index in [1.165, 1.54) is 11.8 Å². The Bertz CT molecular complexity index is 1250. The van der Waals surface area contributed by atoms with Crippen LogP contribution in [0.25, 0.3) is 0 Å². The van der Waals surface area contributed by atoms with Gasteiger partial charge in [-0.3, -0.25) is 9.78 Å². The number of halogens is 3. The third kappa shape index (κ3) is 5.75. The Morgan fingerprint density at radius 2 is 1.73 bits per heavy atom. The molecule has 3 atom stereocenters. The number of fused-ring (bicyclic) bond motifs is 1. The predicted octanol–water partition coefficient (Wildman–Crippen LogP) is 4.54. The monoisotopic (exact) mass is 512 g/mol. The van der Waals surface area contributed by atoms with Crippen molar-refractivity contribution in [2.45, 2.75) is 50.5 Å². The first-order valence-electron chi connectivity index (χ1n) is 12.0. The van der Waals surface area contributed by atoms with Gasteiger partial charge < -0.3 is 19.7 Å². The number of nitrogens with one attached hydrogen (secondary N) is 1. The van der Waals surface area contributed by atoms with Gasteiger partial charge in [-0.1, -0.05) is 42.5 Å². The van der Waals surface area contributed by atoms with Crippen LogP contribution < -0.4 is 5.32 Å². The molecule has 1 aromatic heterocycles.